The van der Waals surface area contributed by atoms with Crippen LogP contribution in [0.1, 0.15) is 25.7 Å². The van der Waals surface area contributed by atoms with E-state index in [0.717, 1.165) is 18.4 Å². The van der Waals surface area contributed by atoms with Gasteiger partial charge in [0.1, 0.15) is 31.0 Å². The van der Waals surface area contributed by atoms with Crippen LogP contribution in [0.2, 0.25) is 0 Å². The molecule has 0 bridgehead atoms. The maximum atomic E-state index is 12.3. The van der Waals surface area contributed by atoms with Crippen LogP contribution in [0.15, 0.2) is 49.6 Å². The molecule has 0 N–H and O–H groups in total. The Labute approximate surface area is 180 Å². The van der Waals surface area contributed by atoms with Crippen LogP contribution in [0.5, 0.6) is 11.5 Å². The van der Waals surface area contributed by atoms with Crippen molar-refractivity contribution in [2.24, 2.45) is 11.8 Å². The van der Waals surface area contributed by atoms with Gasteiger partial charge >= 0.3 is 17.9 Å². The smallest absolute Gasteiger partial charge is 0.330 e. The van der Waals surface area contributed by atoms with E-state index in [-0.39, 0.29) is 31.0 Å². The van der Waals surface area contributed by atoms with Gasteiger partial charge in [0, 0.05) is 18.1 Å². The number of rotatable bonds is 11. The van der Waals surface area contributed by atoms with E-state index in [1.165, 1.54) is 0 Å². The van der Waals surface area contributed by atoms with Crippen LogP contribution in [0.3, 0.4) is 0 Å². The number of carbonyl (C=O) groups is 4. The second-order valence-corrected chi connectivity index (χ2v) is 7.05. The molecule has 1 unspecified atom stereocenters. The Hall–Kier alpha value is -3.42. The van der Waals surface area contributed by atoms with Crippen molar-refractivity contribution in [1.29, 1.82) is 0 Å². The summed E-state index contributed by atoms with van der Waals surface area (Å²) in [6.45, 7) is 6.35. The summed E-state index contributed by atoms with van der Waals surface area (Å²) >= 11 is 0. The molecular formula is C23H26O8. The normalized spacial score (nSPS) is 18.7. The summed E-state index contributed by atoms with van der Waals surface area (Å²) in [5.41, 5.74) is 0. The zero-order chi connectivity index (χ0) is 22.6. The first-order valence-electron chi connectivity index (χ1n) is 9.97. The van der Waals surface area contributed by atoms with Gasteiger partial charge in [0.2, 0.25) is 0 Å². The van der Waals surface area contributed by atoms with Crippen molar-refractivity contribution in [1.82, 2.24) is 0 Å². The second-order valence-electron chi connectivity index (χ2n) is 7.05. The zero-order valence-electron chi connectivity index (χ0n) is 17.2. The van der Waals surface area contributed by atoms with Crippen molar-refractivity contribution in [2.45, 2.75) is 31.8 Å². The van der Waals surface area contributed by atoms with Gasteiger partial charge in [0.15, 0.2) is 6.10 Å². The van der Waals surface area contributed by atoms with Crippen LogP contribution in [0.25, 0.3) is 0 Å². The molecule has 0 amide bonds. The molecule has 0 saturated heterocycles. The number of benzene rings is 1. The van der Waals surface area contributed by atoms with E-state index in [9.17, 15) is 19.2 Å². The molecule has 166 valence electrons. The van der Waals surface area contributed by atoms with Gasteiger partial charge in [-0.15, -0.1) is 0 Å². The fourth-order valence-corrected chi connectivity index (χ4v) is 3.05. The van der Waals surface area contributed by atoms with Crippen LogP contribution in [-0.2, 0) is 28.7 Å². The molecule has 2 rings (SSSR count). The summed E-state index contributed by atoms with van der Waals surface area (Å²) in [6, 6.07) is 6.39. The molecular weight excluding hydrogens is 404 g/mol. The fraction of sp³-hybridized carbons (Fsp3) is 0.391. The number of hydrogen-bond donors (Lipinski definition) is 0. The van der Waals surface area contributed by atoms with Crippen LogP contribution in [-0.4, -0.2) is 43.5 Å². The summed E-state index contributed by atoms with van der Waals surface area (Å²) < 4.78 is 21.0. The van der Waals surface area contributed by atoms with Crippen molar-refractivity contribution >= 4 is 24.2 Å². The lowest BCUT2D eigenvalue weighted by Gasteiger charge is -2.23. The summed E-state index contributed by atoms with van der Waals surface area (Å²) in [5.74, 6) is -0.969. The van der Waals surface area contributed by atoms with Gasteiger partial charge in [-0.05, 0) is 49.9 Å². The van der Waals surface area contributed by atoms with Gasteiger partial charge in [-0.25, -0.2) is 9.59 Å². The first-order chi connectivity index (χ1) is 14.9. The summed E-state index contributed by atoms with van der Waals surface area (Å²) in [7, 11) is 0. The Morgan fingerprint density at radius 3 is 2.13 bits per heavy atom. The van der Waals surface area contributed by atoms with E-state index < -0.39 is 18.0 Å². The number of carbonyl (C=O) groups excluding carboxylic acids is 4. The van der Waals surface area contributed by atoms with Gasteiger partial charge in [-0.1, -0.05) is 13.2 Å². The first kappa shape index (κ1) is 23.9. The van der Waals surface area contributed by atoms with Gasteiger partial charge in [0.05, 0.1) is 5.92 Å². The largest absolute Gasteiger partial charge is 0.490 e. The minimum absolute atomic E-state index is 0.0374. The third-order valence-electron chi connectivity index (χ3n) is 4.80. The SMILES string of the molecule is C=CC(=O)OCC(COc1ccc(OC(=O)C2CCC(C=O)CC2)cc1)OC(=O)C=C. The van der Waals surface area contributed by atoms with Crippen LogP contribution in [0, 0.1) is 11.8 Å². The maximum absolute atomic E-state index is 12.3. The summed E-state index contributed by atoms with van der Waals surface area (Å²) in [5, 5.41) is 0. The Bertz CT molecular complexity index is 790. The lowest BCUT2D eigenvalue weighted by Crippen LogP contribution is -2.30. The van der Waals surface area contributed by atoms with Crippen LogP contribution >= 0.6 is 0 Å². The molecule has 1 aromatic rings. The van der Waals surface area contributed by atoms with Crippen molar-refractivity contribution in [3.8, 4) is 11.5 Å². The molecule has 0 aromatic heterocycles. The van der Waals surface area contributed by atoms with E-state index in [1.54, 1.807) is 24.3 Å². The van der Waals surface area contributed by atoms with Crippen molar-refractivity contribution < 1.29 is 38.1 Å². The van der Waals surface area contributed by atoms with Crippen LogP contribution < -0.4 is 9.47 Å². The first-order valence-corrected chi connectivity index (χ1v) is 9.97. The quantitative estimate of drug-likeness (QED) is 0.228. The average molecular weight is 430 g/mol. The topological polar surface area (TPSA) is 105 Å². The Morgan fingerprint density at radius 2 is 1.55 bits per heavy atom. The number of hydrogen-bond acceptors (Lipinski definition) is 8. The van der Waals surface area contributed by atoms with E-state index in [1.807, 2.05) is 0 Å². The van der Waals surface area contributed by atoms with Gasteiger partial charge in [-0.2, -0.15) is 0 Å². The molecule has 8 nitrogen and oxygen atoms in total. The Kier molecular flexibility index (Phi) is 9.48. The zero-order valence-corrected chi connectivity index (χ0v) is 17.2. The average Bonchev–Trinajstić information content (AvgIpc) is 2.81. The highest BCUT2D eigenvalue weighted by atomic mass is 16.6. The summed E-state index contributed by atoms with van der Waals surface area (Å²) in [6.07, 6.45) is 4.80. The highest BCUT2D eigenvalue weighted by Gasteiger charge is 2.27. The molecule has 1 fully saturated rings. The summed E-state index contributed by atoms with van der Waals surface area (Å²) in [4.78, 5) is 45.8. The molecule has 0 spiro atoms. The van der Waals surface area contributed by atoms with E-state index in [0.29, 0.717) is 37.2 Å². The fourth-order valence-electron chi connectivity index (χ4n) is 3.05. The molecule has 1 saturated carbocycles. The molecule has 0 heterocycles. The lowest BCUT2D eigenvalue weighted by molar-refractivity contribution is -0.154. The predicted octanol–water partition coefficient (Wildman–Crippen LogP) is 2.80. The van der Waals surface area contributed by atoms with E-state index in [4.69, 9.17) is 18.9 Å². The molecule has 31 heavy (non-hydrogen) atoms. The molecule has 8 heteroatoms. The molecule has 0 aliphatic heterocycles. The third-order valence-corrected chi connectivity index (χ3v) is 4.80. The lowest BCUT2D eigenvalue weighted by atomic mass is 9.83. The number of esters is 3. The minimum Gasteiger partial charge on any atom is -0.490 e. The standard InChI is InChI=1S/C23H26O8/c1-3-21(25)29-15-20(30-22(26)4-2)14-28-18-9-11-19(12-10-18)31-23(27)17-7-5-16(13-24)6-8-17/h3-4,9-13,16-17,20H,1-2,5-8,14-15H2. The Balaban J connectivity index is 1.85. The van der Waals surface area contributed by atoms with Crippen molar-refractivity contribution in [3.63, 3.8) is 0 Å². The van der Waals surface area contributed by atoms with Crippen molar-refractivity contribution in [2.75, 3.05) is 13.2 Å². The maximum Gasteiger partial charge on any atom is 0.330 e. The number of ether oxygens (including phenoxy) is 4. The molecule has 1 aliphatic carbocycles. The predicted molar refractivity (Wildman–Crippen MR) is 110 cm³/mol. The minimum atomic E-state index is -0.839. The molecule has 1 aromatic carbocycles. The van der Waals surface area contributed by atoms with Crippen molar-refractivity contribution in [3.05, 3.63) is 49.6 Å². The van der Waals surface area contributed by atoms with E-state index in [2.05, 4.69) is 13.2 Å². The third kappa shape index (κ3) is 8.08. The Morgan fingerprint density at radius 1 is 0.935 bits per heavy atom. The van der Waals surface area contributed by atoms with Gasteiger partial charge in [-0.3, -0.25) is 4.79 Å². The monoisotopic (exact) mass is 430 g/mol. The highest BCUT2D eigenvalue weighted by Crippen LogP contribution is 2.29. The molecule has 1 aliphatic rings. The molecule has 1 atom stereocenters. The van der Waals surface area contributed by atoms with Crippen LogP contribution in [0.4, 0.5) is 0 Å². The highest BCUT2D eigenvalue weighted by molar-refractivity contribution is 5.82. The molecule has 0 radical (unpaired) electrons. The second kappa shape index (κ2) is 12.3. The van der Waals surface area contributed by atoms with Gasteiger partial charge < -0.3 is 23.7 Å². The van der Waals surface area contributed by atoms with E-state index >= 15 is 0 Å². The number of aldehydes is 1. The van der Waals surface area contributed by atoms with Gasteiger partial charge in [0.25, 0.3) is 0 Å².